The Hall–Kier alpha value is -3.09. The van der Waals surface area contributed by atoms with Crippen molar-refractivity contribution in [3.63, 3.8) is 0 Å². The Bertz CT molecular complexity index is 1140. The molecule has 0 unspecified atom stereocenters. The first-order chi connectivity index (χ1) is 15.4. The number of carbonyl (C=O) groups excluding carboxylic acids is 2. The number of amides is 3. The summed E-state index contributed by atoms with van der Waals surface area (Å²) >= 11 is 12.1. The molecule has 0 atom stereocenters. The van der Waals surface area contributed by atoms with Crippen LogP contribution in [-0.4, -0.2) is 29.9 Å². The molecular weight excluding hydrogens is 452 g/mol. The maximum atomic E-state index is 13.0. The smallest absolute Gasteiger partial charge is 0.322 e. The molecule has 0 aromatic heterocycles. The largest absolute Gasteiger partial charge is 0.324 e. The van der Waals surface area contributed by atoms with Crippen molar-refractivity contribution < 1.29 is 14.0 Å². The van der Waals surface area contributed by atoms with Gasteiger partial charge in [-0.1, -0.05) is 29.3 Å². The number of halogens is 3. The number of nitrogens with zero attached hydrogens (tertiary/aromatic N) is 2. The van der Waals surface area contributed by atoms with Gasteiger partial charge in [0, 0.05) is 36.6 Å². The van der Waals surface area contributed by atoms with Gasteiger partial charge in [-0.25, -0.2) is 9.18 Å². The van der Waals surface area contributed by atoms with E-state index in [4.69, 9.17) is 23.2 Å². The lowest BCUT2D eigenvalue weighted by atomic mass is 10.1. The SMILES string of the molecule is O=C(Nc1ccc(N2CCCN(Cc3ccc(Cl)c(Cl)c3)C2=O)cc1)c1ccc(F)cc1. The summed E-state index contributed by atoms with van der Waals surface area (Å²) in [5, 5.41) is 3.71. The number of nitrogens with one attached hydrogen (secondary N) is 1. The minimum Gasteiger partial charge on any atom is -0.322 e. The van der Waals surface area contributed by atoms with E-state index >= 15 is 0 Å². The fourth-order valence-corrected chi connectivity index (χ4v) is 3.88. The van der Waals surface area contributed by atoms with Crippen LogP contribution in [0.4, 0.5) is 20.6 Å². The van der Waals surface area contributed by atoms with Crippen LogP contribution >= 0.6 is 23.2 Å². The average Bonchev–Trinajstić information content (AvgIpc) is 2.79. The third-order valence-electron chi connectivity index (χ3n) is 5.21. The van der Waals surface area contributed by atoms with Gasteiger partial charge in [0.2, 0.25) is 0 Å². The monoisotopic (exact) mass is 471 g/mol. The molecule has 5 nitrogen and oxygen atoms in total. The van der Waals surface area contributed by atoms with Crippen LogP contribution in [0.2, 0.25) is 10.0 Å². The van der Waals surface area contributed by atoms with Crippen molar-refractivity contribution in [2.75, 3.05) is 23.3 Å². The number of rotatable bonds is 5. The molecule has 0 aliphatic carbocycles. The van der Waals surface area contributed by atoms with Crippen LogP contribution in [0.3, 0.4) is 0 Å². The minimum atomic E-state index is -0.398. The lowest BCUT2D eigenvalue weighted by Crippen LogP contribution is -2.49. The van der Waals surface area contributed by atoms with E-state index in [1.807, 2.05) is 6.07 Å². The number of urea groups is 1. The summed E-state index contributed by atoms with van der Waals surface area (Å²) in [6.07, 6.45) is 0.829. The molecule has 1 heterocycles. The van der Waals surface area contributed by atoms with E-state index in [0.717, 1.165) is 17.7 Å². The van der Waals surface area contributed by atoms with Crippen LogP contribution in [0, 0.1) is 5.82 Å². The maximum absolute atomic E-state index is 13.0. The van der Waals surface area contributed by atoms with E-state index in [0.29, 0.717) is 40.9 Å². The van der Waals surface area contributed by atoms with Gasteiger partial charge < -0.3 is 10.2 Å². The summed E-state index contributed by atoms with van der Waals surface area (Å²) in [4.78, 5) is 28.8. The van der Waals surface area contributed by atoms with E-state index in [-0.39, 0.29) is 11.9 Å². The molecule has 4 rings (SSSR count). The highest BCUT2D eigenvalue weighted by Gasteiger charge is 2.27. The molecule has 3 aromatic carbocycles. The van der Waals surface area contributed by atoms with E-state index in [9.17, 15) is 14.0 Å². The fraction of sp³-hybridized carbons (Fsp3) is 0.167. The van der Waals surface area contributed by atoms with Crippen LogP contribution in [0.5, 0.6) is 0 Å². The third-order valence-corrected chi connectivity index (χ3v) is 5.95. The van der Waals surface area contributed by atoms with E-state index in [1.54, 1.807) is 46.2 Å². The number of benzene rings is 3. The zero-order chi connectivity index (χ0) is 22.7. The van der Waals surface area contributed by atoms with Crippen LogP contribution < -0.4 is 10.2 Å². The summed E-state index contributed by atoms with van der Waals surface area (Å²) in [5.41, 5.74) is 2.60. The molecule has 0 bridgehead atoms. The second-order valence-electron chi connectivity index (χ2n) is 7.47. The molecule has 8 heteroatoms. The van der Waals surface area contributed by atoms with E-state index < -0.39 is 5.82 Å². The fourth-order valence-electron chi connectivity index (χ4n) is 3.56. The van der Waals surface area contributed by atoms with Gasteiger partial charge in [0.1, 0.15) is 5.82 Å². The highest BCUT2D eigenvalue weighted by molar-refractivity contribution is 6.42. The molecule has 3 aromatic rings. The van der Waals surface area contributed by atoms with Crippen molar-refractivity contribution in [1.29, 1.82) is 0 Å². The number of hydrogen-bond acceptors (Lipinski definition) is 2. The van der Waals surface area contributed by atoms with E-state index in [2.05, 4.69) is 5.32 Å². The summed E-state index contributed by atoms with van der Waals surface area (Å²) in [7, 11) is 0. The van der Waals surface area contributed by atoms with Crippen molar-refractivity contribution >= 4 is 46.5 Å². The normalized spacial score (nSPS) is 13.9. The van der Waals surface area contributed by atoms with Crippen molar-refractivity contribution in [1.82, 2.24) is 4.90 Å². The van der Waals surface area contributed by atoms with Gasteiger partial charge in [-0.15, -0.1) is 0 Å². The summed E-state index contributed by atoms with van der Waals surface area (Å²) in [5.74, 6) is -0.732. The molecule has 1 fully saturated rings. The standard InChI is InChI=1S/C24H20Cl2FN3O2/c25-21-11-2-16(14-22(21)26)15-29-12-1-13-30(24(29)32)20-9-7-19(8-10-20)28-23(31)17-3-5-18(27)6-4-17/h2-11,14H,1,12-13,15H2,(H,28,31). The molecule has 0 saturated carbocycles. The van der Waals surface area contributed by atoms with Gasteiger partial charge in [-0.3, -0.25) is 9.69 Å². The molecule has 32 heavy (non-hydrogen) atoms. The molecule has 1 aliphatic heterocycles. The topological polar surface area (TPSA) is 52.7 Å². The van der Waals surface area contributed by atoms with Crippen LogP contribution in [-0.2, 0) is 6.54 Å². The zero-order valence-corrected chi connectivity index (χ0v) is 18.5. The van der Waals surface area contributed by atoms with Gasteiger partial charge in [0.25, 0.3) is 5.91 Å². The lowest BCUT2D eigenvalue weighted by Gasteiger charge is -2.35. The Labute approximate surface area is 195 Å². The van der Waals surface area contributed by atoms with Gasteiger partial charge in [0.15, 0.2) is 0 Å². The molecule has 0 spiro atoms. The van der Waals surface area contributed by atoms with Crippen LogP contribution in [0.25, 0.3) is 0 Å². The van der Waals surface area contributed by atoms with E-state index in [1.165, 1.54) is 24.3 Å². The first kappa shape index (κ1) is 22.1. The van der Waals surface area contributed by atoms with Crippen molar-refractivity contribution in [3.05, 3.63) is 93.7 Å². The van der Waals surface area contributed by atoms with Gasteiger partial charge in [-0.05, 0) is 72.6 Å². The molecule has 3 amide bonds. The number of carbonyl (C=O) groups is 2. The van der Waals surface area contributed by atoms with Gasteiger partial charge >= 0.3 is 6.03 Å². The summed E-state index contributed by atoms with van der Waals surface area (Å²) < 4.78 is 13.0. The Balaban J connectivity index is 1.42. The van der Waals surface area contributed by atoms with Gasteiger partial charge in [0.05, 0.1) is 10.0 Å². The Morgan fingerprint density at radius 2 is 1.66 bits per heavy atom. The van der Waals surface area contributed by atoms with Crippen LogP contribution in [0.1, 0.15) is 22.3 Å². The van der Waals surface area contributed by atoms with Crippen molar-refractivity contribution in [2.45, 2.75) is 13.0 Å². The lowest BCUT2D eigenvalue weighted by molar-refractivity contribution is 0.102. The first-order valence-electron chi connectivity index (χ1n) is 10.1. The second-order valence-corrected chi connectivity index (χ2v) is 8.28. The Morgan fingerprint density at radius 3 is 2.34 bits per heavy atom. The highest BCUT2D eigenvalue weighted by Crippen LogP contribution is 2.26. The highest BCUT2D eigenvalue weighted by atomic mass is 35.5. The third kappa shape index (κ3) is 5.03. The molecule has 0 radical (unpaired) electrons. The van der Waals surface area contributed by atoms with Crippen molar-refractivity contribution in [3.8, 4) is 0 Å². The molecule has 1 saturated heterocycles. The Morgan fingerprint density at radius 1 is 0.938 bits per heavy atom. The second kappa shape index (κ2) is 9.59. The van der Waals surface area contributed by atoms with Crippen molar-refractivity contribution in [2.24, 2.45) is 0 Å². The molecule has 1 aliphatic rings. The quantitative estimate of drug-likeness (QED) is 0.480. The number of hydrogen-bond donors (Lipinski definition) is 1. The average molecular weight is 472 g/mol. The predicted octanol–water partition coefficient (Wildman–Crippen LogP) is 6.22. The van der Waals surface area contributed by atoms with Gasteiger partial charge in [-0.2, -0.15) is 0 Å². The maximum Gasteiger partial charge on any atom is 0.324 e. The Kier molecular flexibility index (Phi) is 6.63. The predicted molar refractivity (Wildman–Crippen MR) is 125 cm³/mol. The minimum absolute atomic E-state index is 0.0922. The zero-order valence-electron chi connectivity index (χ0n) is 17.0. The summed E-state index contributed by atoms with van der Waals surface area (Å²) in [6, 6.07) is 17.7. The first-order valence-corrected chi connectivity index (χ1v) is 10.8. The molecule has 164 valence electrons. The molecule has 1 N–H and O–H groups in total. The van der Waals surface area contributed by atoms with Crippen LogP contribution in [0.15, 0.2) is 66.7 Å². The molecular formula is C24H20Cl2FN3O2. The number of anilines is 2. The summed E-state index contributed by atoms with van der Waals surface area (Å²) in [6.45, 7) is 1.71.